The van der Waals surface area contributed by atoms with Crippen molar-refractivity contribution in [1.29, 1.82) is 0 Å². The van der Waals surface area contributed by atoms with Gasteiger partial charge in [0.15, 0.2) is 5.82 Å². The van der Waals surface area contributed by atoms with Gasteiger partial charge in [-0.1, -0.05) is 123 Å². The SMILES string of the molecule is CC1(C)c2cc3scccc-3c2N(c2cccc(-c3nc(-c4ccccc4)cc(-c4ccccc4)n3)c2)C2C=CC=CC21. The molecule has 3 nitrogen and oxygen atoms in total. The number of nitrogens with zero attached hydrogens (tertiary/aromatic N) is 3. The van der Waals surface area contributed by atoms with Gasteiger partial charge in [0.25, 0.3) is 0 Å². The molecule has 2 unspecified atom stereocenters. The summed E-state index contributed by atoms with van der Waals surface area (Å²) in [7, 11) is 0. The van der Waals surface area contributed by atoms with Crippen LogP contribution in [-0.2, 0) is 5.41 Å². The summed E-state index contributed by atoms with van der Waals surface area (Å²) in [4.78, 5) is 14.1. The number of anilines is 2. The first-order valence-electron chi connectivity index (χ1n) is 14.8. The highest BCUT2D eigenvalue weighted by molar-refractivity contribution is 7.13. The average Bonchev–Trinajstić information content (AvgIpc) is 3.46. The molecule has 3 heterocycles. The highest BCUT2D eigenvalue weighted by Gasteiger charge is 2.47. The predicted molar refractivity (Wildman–Crippen MR) is 180 cm³/mol. The van der Waals surface area contributed by atoms with E-state index in [1.165, 1.54) is 21.7 Å². The van der Waals surface area contributed by atoms with Crippen LogP contribution in [0.3, 0.4) is 0 Å². The van der Waals surface area contributed by atoms with Gasteiger partial charge in [-0.2, -0.15) is 0 Å². The zero-order valence-corrected chi connectivity index (χ0v) is 25.0. The summed E-state index contributed by atoms with van der Waals surface area (Å²) >= 11 is 1.82. The molecule has 3 aromatic carbocycles. The fourth-order valence-corrected chi connectivity index (χ4v) is 7.60. The Morgan fingerprint density at radius 3 is 2.07 bits per heavy atom. The van der Waals surface area contributed by atoms with E-state index < -0.39 is 0 Å². The number of hydrogen-bond acceptors (Lipinski definition) is 4. The summed E-state index contributed by atoms with van der Waals surface area (Å²) in [6.45, 7) is 4.80. The molecule has 0 radical (unpaired) electrons. The fourth-order valence-electron chi connectivity index (χ4n) is 6.82. The van der Waals surface area contributed by atoms with Gasteiger partial charge in [0.2, 0.25) is 0 Å². The smallest absolute Gasteiger partial charge is 0.160 e. The van der Waals surface area contributed by atoms with Crippen molar-refractivity contribution in [2.24, 2.45) is 5.92 Å². The topological polar surface area (TPSA) is 29.0 Å². The van der Waals surface area contributed by atoms with Gasteiger partial charge in [-0.25, -0.2) is 9.97 Å². The molecular weight excluding hydrogens is 543 g/mol. The number of fused-ring (bicyclic) bond motifs is 4. The first-order chi connectivity index (χ1) is 21.1. The third-order valence-corrected chi connectivity index (χ3v) is 9.89. The standard InChI is InChI=1S/C39H31N3S/c1-39(2)31-20-9-10-21-35(31)42(37-30-19-12-22-43-36(30)24-32(37)39)29-18-11-17-28(23-29)38-40-33(26-13-5-3-6-14-26)25-34(41-38)27-15-7-4-8-16-27/h3-25,31,35H,1-2H3. The minimum Gasteiger partial charge on any atom is -0.333 e. The molecule has 4 aromatic rings. The molecule has 0 saturated heterocycles. The molecule has 2 aliphatic carbocycles. The molecular formula is C39H31N3S. The Labute approximate surface area is 256 Å². The number of aromatic nitrogens is 2. The molecule has 208 valence electrons. The van der Waals surface area contributed by atoms with E-state index in [9.17, 15) is 0 Å². The molecule has 0 saturated carbocycles. The molecule has 0 bridgehead atoms. The average molecular weight is 574 g/mol. The Morgan fingerprint density at radius 2 is 1.35 bits per heavy atom. The highest BCUT2D eigenvalue weighted by Crippen LogP contribution is 2.56. The van der Waals surface area contributed by atoms with Crippen LogP contribution in [0.2, 0.25) is 0 Å². The van der Waals surface area contributed by atoms with Gasteiger partial charge in [0.05, 0.1) is 23.1 Å². The van der Waals surface area contributed by atoms with Crippen molar-refractivity contribution in [3.8, 4) is 44.3 Å². The predicted octanol–water partition coefficient (Wildman–Crippen LogP) is 10.2. The van der Waals surface area contributed by atoms with Crippen LogP contribution in [0.4, 0.5) is 11.4 Å². The van der Waals surface area contributed by atoms with Crippen molar-refractivity contribution in [1.82, 2.24) is 9.97 Å². The Bertz CT molecular complexity index is 1910. The van der Waals surface area contributed by atoms with E-state index in [4.69, 9.17) is 9.97 Å². The monoisotopic (exact) mass is 573 g/mol. The number of benzene rings is 3. The maximum absolute atomic E-state index is 5.12. The fraction of sp³-hybridized carbons (Fsp3) is 0.128. The summed E-state index contributed by atoms with van der Waals surface area (Å²) in [5.74, 6) is 1.07. The molecule has 4 heteroatoms. The number of hydrogen-bond donors (Lipinski definition) is 0. The Morgan fingerprint density at radius 1 is 0.674 bits per heavy atom. The van der Waals surface area contributed by atoms with Crippen LogP contribution in [0.5, 0.6) is 0 Å². The Hall–Kier alpha value is -4.80. The van der Waals surface area contributed by atoms with E-state index in [-0.39, 0.29) is 11.5 Å². The summed E-state index contributed by atoms with van der Waals surface area (Å²) in [5.41, 5.74) is 10.2. The van der Waals surface area contributed by atoms with Gasteiger partial charge >= 0.3 is 0 Å². The lowest BCUT2D eigenvalue weighted by Crippen LogP contribution is -2.49. The van der Waals surface area contributed by atoms with Crippen LogP contribution >= 0.6 is 11.3 Å². The van der Waals surface area contributed by atoms with Gasteiger partial charge < -0.3 is 4.90 Å². The summed E-state index contributed by atoms with van der Waals surface area (Å²) < 4.78 is 0. The zero-order chi connectivity index (χ0) is 29.0. The van der Waals surface area contributed by atoms with Crippen molar-refractivity contribution >= 4 is 22.7 Å². The molecule has 0 spiro atoms. The van der Waals surface area contributed by atoms with Crippen molar-refractivity contribution in [3.05, 3.63) is 144 Å². The van der Waals surface area contributed by atoms with Crippen LogP contribution in [0.1, 0.15) is 19.4 Å². The Kier molecular flexibility index (Phi) is 6.13. The maximum Gasteiger partial charge on any atom is 0.160 e. The zero-order valence-electron chi connectivity index (χ0n) is 24.2. The third kappa shape index (κ3) is 4.33. The normalized spacial score (nSPS) is 18.4. The lowest BCUT2D eigenvalue weighted by Gasteiger charge is -2.50. The summed E-state index contributed by atoms with van der Waals surface area (Å²) in [5, 5.41) is 2.18. The number of rotatable bonds is 4. The maximum atomic E-state index is 5.12. The van der Waals surface area contributed by atoms with Crippen LogP contribution < -0.4 is 4.90 Å². The van der Waals surface area contributed by atoms with Gasteiger partial charge in [-0.05, 0) is 35.2 Å². The van der Waals surface area contributed by atoms with Crippen molar-refractivity contribution < 1.29 is 0 Å². The van der Waals surface area contributed by atoms with Crippen molar-refractivity contribution in [2.75, 3.05) is 4.90 Å². The second-order valence-corrected chi connectivity index (χ2v) is 12.9. The molecule has 0 N–H and O–H groups in total. The van der Waals surface area contributed by atoms with Gasteiger partial charge in [0.1, 0.15) is 0 Å². The highest BCUT2D eigenvalue weighted by atomic mass is 32.1. The molecule has 2 aliphatic heterocycles. The quantitative estimate of drug-likeness (QED) is 0.210. The summed E-state index contributed by atoms with van der Waals surface area (Å²) in [6, 6.07) is 38.7. The van der Waals surface area contributed by atoms with Crippen molar-refractivity contribution in [3.63, 3.8) is 0 Å². The van der Waals surface area contributed by atoms with Gasteiger partial charge in [-0.15, -0.1) is 11.3 Å². The number of allylic oxidation sites excluding steroid dienone is 2. The molecule has 0 fully saturated rings. The van der Waals surface area contributed by atoms with Crippen LogP contribution in [0.25, 0.3) is 44.3 Å². The van der Waals surface area contributed by atoms with E-state index in [2.05, 4.69) is 145 Å². The van der Waals surface area contributed by atoms with Gasteiger partial charge in [0, 0.05) is 44.2 Å². The third-order valence-electron chi connectivity index (χ3n) is 9.01. The largest absolute Gasteiger partial charge is 0.333 e. The lowest BCUT2D eigenvalue weighted by atomic mass is 9.66. The second kappa shape index (κ2) is 10.2. The molecule has 1 aromatic heterocycles. The summed E-state index contributed by atoms with van der Waals surface area (Å²) in [6.07, 6.45) is 9.17. The van der Waals surface area contributed by atoms with Crippen molar-refractivity contribution in [2.45, 2.75) is 25.3 Å². The first kappa shape index (κ1) is 25.9. The van der Waals surface area contributed by atoms with Crippen LogP contribution in [0, 0.1) is 5.92 Å². The minimum atomic E-state index is -0.00117. The first-order valence-corrected chi connectivity index (χ1v) is 15.7. The molecule has 2 atom stereocenters. The van der Waals surface area contributed by atoms with E-state index in [0.717, 1.165) is 39.6 Å². The molecule has 4 aliphatic rings. The molecule has 0 amide bonds. The minimum absolute atomic E-state index is 0.00117. The van der Waals surface area contributed by atoms with Gasteiger partial charge in [-0.3, -0.25) is 0 Å². The second-order valence-electron chi connectivity index (χ2n) is 11.9. The van der Waals surface area contributed by atoms with E-state index >= 15 is 0 Å². The van der Waals surface area contributed by atoms with E-state index in [0.29, 0.717) is 5.92 Å². The van der Waals surface area contributed by atoms with Crippen LogP contribution in [0.15, 0.2) is 139 Å². The molecule has 8 rings (SSSR count). The van der Waals surface area contributed by atoms with Crippen LogP contribution in [-0.4, -0.2) is 16.0 Å². The Balaban J connectivity index is 1.31. The van der Waals surface area contributed by atoms with E-state index in [1.54, 1.807) is 0 Å². The lowest BCUT2D eigenvalue weighted by molar-refractivity contribution is 0.334. The molecule has 43 heavy (non-hydrogen) atoms. The van der Waals surface area contributed by atoms with E-state index in [1.807, 2.05) is 23.5 Å².